The fourth-order valence-electron chi connectivity index (χ4n) is 9.77. The number of benzene rings is 7. The number of halogens is 6. The van der Waals surface area contributed by atoms with Gasteiger partial charge in [0, 0.05) is 32.7 Å². The summed E-state index contributed by atoms with van der Waals surface area (Å²) < 4.78 is 91.5. The number of alkyl halides is 6. The van der Waals surface area contributed by atoms with E-state index in [1.807, 2.05) is 24.3 Å². The standard InChI is InChI=1S/C61H57F6N3/c1-56(2,3)37-16-23-51-45(29-37)46-30-38(57(4,5)6)17-24-52(46)69(51)50-22-13-35(34-68)27-44(50)43-20-14-36(42-21-15-41(60(62,63)64)33-49(42)61(65,66)67)28-55(43)70-53-25-18-39(58(7,8)9)31-47(53)48-32-40(59(10,11)12)19-26-54(48)70/h13-33H,1-12H3. The quantitative estimate of drug-likeness (QED) is 0.162. The van der Waals surface area contributed by atoms with E-state index in [4.69, 9.17) is 0 Å². The van der Waals surface area contributed by atoms with Crippen molar-refractivity contribution in [3.8, 4) is 39.7 Å². The molecule has 0 radical (unpaired) electrons. The Labute approximate surface area is 406 Å². The van der Waals surface area contributed by atoms with Crippen LogP contribution in [0.5, 0.6) is 0 Å². The molecule has 0 unspecified atom stereocenters. The van der Waals surface area contributed by atoms with E-state index in [1.165, 1.54) is 0 Å². The minimum atomic E-state index is -5.11. The second-order valence-electron chi connectivity index (χ2n) is 22.9. The second-order valence-corrected chi connectivity index (χ2v) is 22.9. The smallest absolute Gasteiger partial charge is 0.309 e. The summed E-state index contributed by atoms with van der Waals surface area (Å²) >= 11 is 0. The lowest BCUT2D eigenvalue weighted by Crippen LogP contribution is -2.12. The van der Waals surface area contributed by atoms with E-state index in [0.29, 0.717) is 28.4 Å². The van der Waals surface area contributed by atoms with Gasteiger partial charge in [0.05, 0.1) is 56.2 Å². The molecular formula is C61H57F6N3. The Morgan fingerprint density at radius 1 is 0.357 bits per heavy atom. The van der Waals surface area contributed by atoms with Crippen LogP contribution in [0.25, 0.3) is 77.2 Å². The summed E-state index contributed by atoms with van der Waals surface area (Å²) in [7, 11) is 0. The minimum Gasteiger partial charge on any atom is -0.309 e. The highest BCUT2D eigenvalue weighted by Crippen LogP contribution is 2.47. The molecule has 0 atom stereocenters. The van der Waals surface area contributed by atoms with Gasteiger partial charge >= 0.3 is 12.4 Å². The third-order valence-electron chi connectivity index (χ3n) is 13.9. The van der Waals surface area contributed by atoms with Crippen molar-refractivity contribution in [2.75, 3.05) is 0 Å². The van der Waals surface area contributed by atoms with Crippen LogP contribution in [0.3, 0.4) is 0 Å². The lowest BCUT2D eigenvalue weighted by molar-refractivity contribution is -0.142. The van der Waals surface area contributed by atoms with Crippen molar-refractivity contribution in [1.29, 1.82) is 5.26 Å². The number of hydrogen-bond acceptors (Lipinski definition) is 1. The van der Waals surface area contributed by atoms with E-state index in [9.17, 15) is 18.4 Å². The number of aromatic nitrogens is 2. The lowest BCUT2D eigenvalue weighted by Gasteiger charge is -2.22. The monoisotopic (exact) mass is 945 g/mol. The van der Waals surface area contributed by atoms with Gasteiger partial charge in [0.15, 0.2) is 0 Å². The Hall–Kier alpha value is -6.79. The molecule has 358 valence electrons. The van der Waals surface area contributed by atoms with Crippen LogP contribution in [-0.4, -0.2) is 9.13 Å². The molecule has 0 aliphatic rings. The molecule has 0 saturated carbocycles. The minimum absolute atomic E-state index is 0.0756. The van der Waals surface area contributed by atoms with Gasteiger partial charge < -0.3 is 9.13 Å². The number of fused-ring (bicyclic) bond motifs is 6. The molecule has 9 aromatic rings. The molecular weight excluding hydrogens is 889 g/mol. The van der Waals surface area contributed by atoms with Crippen molar-refractivity contribution < 1.29 is 26.3 Å². The molecule has 0 bridgehead atoms. The van der Waals surface area contributed by atoms with Crippen molar-refractivity contribution >= 4 is 43.6 Å². The van der Waals surface area contributed by atoms with Crippen LogP contribution >= 0.6 is 0 Å². The number of rotatable bonds is 4. The molecule has 2 aromatic heterocycles. The van der Waals surface area contributed by atoms with Gasteiger partial charge in [0.25, 0.3) is 0 Å². The van der Waals surface area contributed by atoms with Gasteiger partial charge in [-0.25, -0.2) is 0 Å². The Kier molecular flexibility index (Phi) is 11.1. The summed E-state index contributed by atoms with van der Waals surface area (Å²) in [4.78, 5) is 0. The third kappa shape index (κ3) is 8.43. The predicted molar refractivity (Wildman–Crippen MR) is 276 cm³/mol. The Morgan fingerprint density at radius 2 is 0.743 bits per heavy atom. The molecule has 7 aromatic carbocycles. The first kappa shape index (κ1) is 48.2. The number of nitrogens with zero attached hydrogens (tertiary/aromatic N) is 3. The first-order valence-corrected chi connectivity index (χ1v) is 23.6. The zero-order chi connectivity index (χ0) is 50.8. The van der Waals surface area contributed by atoms with Gasteiger partial charge in [-0.05, 0) is 140 Å². The van der Waals surface area contributed by atoms with Crippen LogP contribution in [-0.2, 0) is 34.0 Å². The Bertz CT molecular complexity index is 3470. The molecule has 0 spiro atoms. The summed E-state index contributed by atoms with van der Waals surface area (Å²) in [6.45, 7) is 26.0. The lowest BCUT2D eigenvalue weighted by atomic mass is 9.85. The van der Waals surface area contributed by atoms with Crippen molar-refractivity contribution in [1.82, 2.24) is 9.13 Å². The third-order valence-corrected chi connectivity index (χ3v) is 13.9. The van der Waals surface area contributed by atoms with Crippen LogP contribution in [0, 0.1) is 11.3 Å². The van der Waals surface area contributed by atoms with Gasteiger partial charge in [-0.2, -0.15) is 31.6 Å². The zero-order valence-corrected chi connectivity index (χ0v) is 41.7. The van der Waals surface area contributed by atoms with Gasteiger partial charge in [0.2, 0.25) is 0 Å². The molecule has 0 amide bonds. The van der Waals surface area contributed by atoms with E-state index >= 15 is 13.2 Å². The molecule has 0 N–H and O–H groups in total. The molecule has 3 nitrogen and oxygen atoms in total. The average Bonchev–Trinajstić information content (AvgIpc) is 3.78. The molecule has 0 fully saturated rings. The molecule has 9 heteroatoms. The Morgan fingerprint density at radius 3 is 1.11 bits per heavy atom. The van der Waals surface area contributed by atoms with Crippen molar-refractivity contribution in [2.24, 2.45) is 0 Å². The fourth-order valence-corrected chi connectivity index (χ4v) is 9.77. The maximum absolute atomic E-state index is 15.0. The van der Waals surface area contributed by atoms with E-state index in [1.54, 1.807) is 24.3 Å². The van der Waals surface area contributed by atoms with Crippen molar-refractivity contribution in [3.63, 3.8) is 0 Å². The maximum Gasteiger partial charge on any atom is 0.417 e. The maximum atomic E-state index is 15.0. The summed E-state index contributed by atoms with van der Waals surface area (Å²) in [5.41, 5.74) is 6.92. The summed E-state index contributed by atoms with van der Waals surface area (Å²) in [5.74, 6) is 0. The number of nitriles is 1. The van der Waals surface area contributed by atoms with Gasteiger partial charge in [-0.1, -0.05) is 126 Å². The van der Waals surface area contributed by atoms with Crippen LogP contribution in [0.4, 0.5) is 26.3 Å². The van der Waals surface area contributed by atoms with E-state index in [0.717, 1.165) is 77.6 Å². The topological polar surface area (TPSA) is 33.6 Å². The van der Waals surface area contributed by atoms with Crippen LogP contribution < -0.4 is 0 Å². The highest BCUT2D eigenvalue weighted by molar-refractivity contribution is 6.12. The summed E-state index contributed by atoms with van der Waals surface area (Å²) in [6.07, 6.45) is -10.1. The van der Waals surface area contributed by atoms with E-state index < -0.39 is 29.0 Å². The molecule has 70 heavy (non-hydrogen) atoms. The van der Waals surface area contributed by atoms with Crippen LogP contribution in [0.15, 0.2) is 127 Å². The molecule has 9 rings (SSSR count). The van der Waals surface area contributed by atoms with Crippen molar-refractivity contribution in [2.45, 2.75) is 117 Å². The zero-order valence-electron chi connectivity index (χ0n) is 41.7. The molecule has 2 heterocycles. The van der Waals surface area contributed by atoms with Crippen LogP contribution in [0.2, 0.25) is 0 Å². The average molecular weight is 946 g/mol. The van der Waals surface area contributed by atoms with Gasteiger partial charge in [0.1, 0.15) is 0 Å². The first-order valence-electron chi connectivity index (χ1n) is 23.6. The van der Waals surface area contributed by atoms with Gasteiger partial charge in [-0.3, -0.25) is 0 Å². The largest absolute Gasteiger partial charge is 0.417 e. The SMILES string of the molecule is CC(C)(C)c1ccc2c(c1)c1cc(C(C)(C)C)ccc1n2-c1ccc(C#N)cc1-c1ccc(-c2ccc(C(F)(F)F)cc2C(F)(F)F)cc1-n1c2ccc(C(C)(C)C)cc2c2cc(C(C)(C)C)ccc21. The highest BCUT2D eigenvalue weighted by atomic mass is 19.4. The highest BCUT2D eigenvalue weighted by Gasteiger charge is 2.39. The molecule has 0 aliphatic heterocycles. The summed E-state index contributed by atoms with van der Waals surface area (Å²) in [5, 5.41) is 14.5. The van der Waals surface area contributed by atoms with E-state index in [-0.39, 0.29) is 33.3 Å². The Balaban J connectivity index is 1.44. The number of hydrogen-bond donors (Lipinski definition) is 0. The predicted octanol–water partition coefficient (Wildman–Crippen LogP) is 18.3. The second kappa shape index (κ2) is 16.1. The summed E-state index contributed by atoms with van der Waals surface area (Å²) in [6, 6.07) is 40.3. The molecule has 0 saturated heterocycles. The normalized spacial score (nSPS) is 13.3. The van der Waals surface area contributed by atoms with E-state index in [2.05, 4.69) is 159 Å². The fraction of sp³-hybridized carbons (Fsp3) is 0.295. The van der Waals surface area contributed by atoms with Crippen molar-refractivity contribution in [3.05, 3.63) is 166 Å². The van der Waals surface area contributed by atoms with Crippen LogP contribution in [0.1, 0.15) is 122 Å². The molecule has 0 aliphatic carbocycles. The first-order chi connectivity index (χ1) is 32.4. The van der Waals surface area contributed by atoms with Gasteiger partial charge in [-0.15, -0.1) is 0 Å².